The van der Waals surface area contributed by atoms with Gasteiger partial charge < -0.3 is 4.74 Å². The molecule has 0 fully saturated rings. The molecular weight excluding hydrogens is 366 g/mol. The SMILES string of the molecule is Cc1nc(-c2cc(NC(=O)OC(C)(C)C)ccc2NS(=O)(=O)O)cs1. The molecule has 10 heteroatoms. The third-order valence-electron chi connectivity index (χ3n) is 2.80. The minimum Gasteiger partial charge on any atom is -0.444 e. The van der Waals surface area contributed by atoms with E-state index in [0.29, 0.717) is 16.9 Å². The second kappa shape index (κ2) is 6.98. The van der Waals surface area contributed by atoms with Crippen molar-refractivity contribution in [2.45, 2.75) is 33.3 Å². The van der Waals surface area contributed by atoms with Gasteiger partial charge in [0.05, 0.1) is 16.4 Å². The van der Waals surface area contributed by atoms with Gasteiger partial charge in [-0.15, -0.1) is 11.3 Å². The third kappa shape index (κ3) is 6.00. The summed E-state index contributed by atoms with van der Waals surface area (Å²) in [5, 5.41) is 5.12. The predicted molar refractivity (Wildman–Crippen MR) is 97.3 cm³/mol. The molecule has 0 spiro atoms. The van der Waals surface area contributed by atoms with Crippen LogP contribution in [0.4, 0.5) is 16.2 Å². The molecule has 2 aromatic rings. The zero-order chi connectivity index (χ0) is 18.8. The van der Waals surface area contributed by atoms with E-state index in [1.807, 2.05) is 11.6 Å². The van der Waals surface area contributed by atoms with Crippen LogP contribution in [0.15, 0.2) is 23.6 Å². The highest BCUT2D eigenvalue weighted by Gasteiger charge is 2.18. The molecule has 3 N–H and O–H groups in total. The number of carbonyl (C=O) groups is 1. The molecule has 0 saturated heterocycles. The van der Waals surface area contributed by atoms with Crippen LogP contribution in [-0.2, 0) is 15.0 Å². The van der Waals surface area contributed by atoms with Gasteiger partial charge in [-0.3, -0.25) is 14.6 Å². The molecule has 8 nitrogen and oxygen atoms in total. The highest BCUT2D eigenvalue weighted by atomic mass is 32.2. The van der Waals surface area contributed by atoms with Crippen LogP contribution in [0.5, 0.6) is 0 Å². The summed E-state index contributed by atoms with van der Waals surface area (Å²) in [6.07, 6.45) is -0.636. The zero-order valence-corrected chi connectivity index (χ0v) is 15.8. The average Bonchev–Trinajstić information content (AvgIpc) is 2.83. The maximum Gasteiger partial charge on any atom is 0.412 e. The van der Waals surface area contributed by atoms with Crippen LogP contribution in [0.3, 0.4) is 0 Å². The first-order valence-electron chi connectivity index (χ1n) is 7.25. The van der Waals surface area contributed by atoms with E-state index in [4.69, 9.17) is 9.29 Å². The van der Waals surface area contributed by atoms with Crippen molar-refractivity contribution in [1.29, 1.82) is 0 Å². The van der Waals surface area contributed by atoms with Crippen LogP contribution < -0.4 is 10.0 Å². The normalized spacial score (nSPS) is 11.9. The number of aryl methyl sites for hydroxylation is 1. The van der Waals surface area contributed by atoms with Crippen molar-refractivity contribution in [1.82, 2.24) is 4.98 Å². The van der Waals surface area contributed by atoms with Crippen molar-refractivity contribution in [3.63, 3.8) is 0 Å². The van der Waals surface area contributed by atoms with E-state index in [-0.39, 0.29) is 5.69 Å². The van der Waals surface area contributed by atoms with Crippen molar-refractivity contribution in [2.75, 3.05) is 10.0 Å². The Morgan fingerprint density at radius 1 is 1.32 bits per heavy atom. The number of aromatic nitrogens is 1. The average molecular weight is 385 g/mol. The summed E-state index contributed by atoms with van der Waals surface area (Å²) in [7, 11) is -4.45. The summed E-state index contributed by atoms with van der Waals surface area (Å²) in [6, 6.07) is 4.45. The van der Waals surface area contributed by atoms with E-state index in [1.165, 1.54) is 23.5 Å². The van der Waals surface area contributed by atoms with E-state index in [0.717, 1.165) is 5.01 Å². The Labute approximate surface area is 150 Å². The number of hydrogen-bond acceptors (Lipinski definition) is 6. The molecule has 2 rings (SSSR count). The quantitative estimate of drug-likeness (QED) is 0.691. The standard InChI is InChI=1S/C15H19N3O5S2/c1-9-16-13(8-24-9)11-7-10(17-14(19)23-15(2,3)4)5-6-12(11)18-25(20,21)22/h5-8,18H,1-4H3,(H,17,19)(H,20,21,22). The fraction of sp³-hybridized carbons (Fsp3) is 0.333. The molecule has 25 heavy (non-hydrogen) atoms. The molecule has 0 unspecified atom stereocenters. The number of nitrogens with zero attached hydrogens (tertiary/aromatic N) is 1. The third-order valence-corrected chi connectivity index (χ3v) is 4.05. The van der Waals surface area contributed by atoms with Crippen LogP contribution >= 0.6 is 11.3 Å². The molecule has 136 valence electrons. The molecule has 1 heterocycles. The molecule has 0 saturated carbocycles. The van der Waals surface area contributed by atoms with Gasteiger partial charge >= 0.3 is 16.4 Å². The fourth-order valence-electron chi connectivity index (χ4n) is 1.97. The van der Waals surface area contributed by atoms with Crippen LogP contribution in [0.1, 0.15) is 25.8 Å². The summed E-state index contributed by atoms with van der Waals surface area (Å²) < 4.78 is 38.5. The number of ether oxygens (including phenoxy) is 1. The van der Waals surface area contributed by atoms with Crippen LogP contribution in [-0.4, -0.2) is 29.6 Å². The Balaban J connectivity index is 2.37. The number of carbonyl (C=O) groups excluding carboxylic acids is 1. The lowest BCUT2D eigenvalue weighted by Gasteiger charge is -2.20. The van der Waals surface area contributed by atoms with E-state index in [2.05, 4.69) is 10.3 Å². The molecule has 1 aromatic carbocycles. The zero-order valence-electron chi connectivity index (χ0n) is 14.2. The fourth-order valence-corrected chi connectivity index (χ4v) is 3.04. The van der Waals surface area contributed by atoms with Crippen molar-refractivity contribution in [2.24, 2.45) is 0 Å². The monoisotopic (exact) mass is 385 g/mol. The van der Waals surface area contributed by atoms with Crippen LogP contribution in [0.25, 0.3) is 11.3 Å². The summed E-state index contributed by atoms with van der Waals surface area (Å²) >= 11 is 1.39. The van der Waals surface area contributed by atoms with Crippen molar-refractivity contribution < 1.29 is 22.5 Å². The first kappa shape index (κ1) is 19.2. The molecule has 0 aliphatic carbocycles. The van der Waals surface area contributed by atoms with E-state index in [9.17, 15) is 13.2 Å². The van der Waals surface area contributed by atoms with E-state index in [1.54, 1.807) is 32.2 Å². The number of nitrogens with one attached hydrogen (secondary N) is 2. The number of amides is 1. The summed E-state index contributed by atoms with van der Waals surface area (Å²) in [6.45, 7) is 7.05. The molecule has 0 radical (unpaired) electrons. The largest absolute Gasteiger partial charge is 0.444 e. The van der Waals surface area contributed by atoms with Gasteiger partial charge in [-0.2, -0.15) is 8.42 Å². The van der Waals surface area contributed by atoms with E-state index >= 15 is 0 Å². The van der Waals surface area contributed by atoms with Crippen LogP contribution in [0, 0.1) is 6.92 Å². The maximum absolute atomic E-state index is 11.9. The molecule has 1 aromatic heterocycles. The second-order valence-corrected chi connectivity index (χ2v) is 8.43. The van der Waals surface area contributed by atoms with Gasteiger partial charge in [0.15, 0.2) is 0 Å². The van der Waals surface area contributed by atoms with Crippen LogP contribution in [0.2, 0.25) is 0 Å². The summed E-state index contributed by atoms with van der Waals surface area (Å²) in [5.41, 5.74) is 0.820. The van der Waals surface area contributed by atoms with Gasteiger partial charge in [0.25, 0.3) is 0 Å². The Morgan fingerprint density at radius 2 is 2.00 bits per heavy atom. The maximum atomic E-state index is 11.9. The highest BCUT2D eigenvalue weighted by Crippen LogP contribution is 2.32. The van der Waals surface area contributed by atoms with E-state index < -0.39 is 22.0 Å². The Bertz CT molecular complexity index is 885. The Morgan fingerprint density at radius 3 is 2.52 bits per heavy atom. The Hall–Kier alpha value is -2.17. The second-order valence-electron chi connectivity index (χ2n) is 6.22. The molecule has 0 atom stereocenters. The van der Waals surface area contributed by atoms with Crippen molar-refractivity contribution in [3.8, 4) is 11.3 Å². The smallest absolute Gasteiger partial charge is 0.412 e. The number of anilines is 2. The highest BCUT2D eigenvalue weighted by molar-refractivity contribution is 7.87. The lowest BCUT2D eigenvalue weighted by molar-refractivity contribution is 0.0636. The number of rotatable bonds is 4. The molecular formula is C15H19N3O5S2. The Kier molecular flexibility index (Phi) is 5.35. The van der Waals surface area contributed by atoms with Gasteiger partial charge in [0, 0.05) is 16.6 Å². The number of thiazole rings is 1. The summed E-state index contributed by atoms with van der Waals surface area (Å²) in [4.78, 5) is 16.2. The van der Waals surface area contributed by atoms with Gasteiger partial charge in [-0.05, 0) is 45.9 Å². The first-order chi connectivity index (χ1) is 11.4. The molecule has 1 amide bonds. The number of hydrogen-bond donors (Lipinski definition) is 3. The topological polar surface area (TPSA) is 118 Å². The van der Waals surface area contributed by atoms with Crippen molar-refractivity contribution in [3.05, 3.63) is 28.6 Å². The lowest BCUT2D eigenvalue weighted by Crippen LogP contribution is -2.27. The molecule has 0 bridgehead atoms. The minimum atomic E-state index is -4.45. The van der Waals surface area contributed by atoms with Gasteiger partial charge in [-0.1, -0.05) is 0 Å². The molecule has 0 aliphatic rings. The van der Waals surface area contributed by atoms with Gasteiger partial charge in [-0.25, -0.2) is 9.78 Å². The lowest BCUT2D eigenvalue weighted by atomic mass is 10.1. The number of benzene rings is 1. The molecule has 0 aliphatic heterocycles. The minimum absolute atomic E-state index is 0.141. The predicted octanol–water partition coefficient (Wildman–Crippen LogP) is 3.68. The summed E-state index contributed by atoms with van der Waals surface area (Å²) in [5.74, 6) is 0. The van der Waals surface area contributed by atoms with Crippen molar-refractivity contribution >= 4 is 39.1 Å². The first-order valence-corrected chi connectivity index (χ1v) is 9.57. The van der Waals surface area contributed by atoms with Gasteiger partial charge in [0.2, 0.25) is 0 Å². The van der Waals surface area contributed by atoms with Gasteiger partial charge in [0.1, 0.15) is 5.60 Å².